The Morgan fingerprint density at radius 3 is 2.74 bits per heavy atom. The molecule has 3 aromatic rings. The van der Waals surface area contributed by atoms with Gasteiger partial charge in [-0.1, -0.05) is 25.5 Å². The topological polar surface area (TPSA) is 105 Å². The summed E-state index contributed by atoms with van der Waals surface area (Å²) in [5.74, 6) is 0.598. The second-order valence-electron chi connectivity index (χ2n) is 8.76. The molecule has 4 rings (SSSR count). The molecule has 4 N–H and O–H groups in total. The van der Waals surface area contributed by atoms with Crippen molar-refractivity contribution in [1.82, 2.24) is 9.97 Å². The molecule has 1 unspecified atom stereocenters. The maximum absolute atomic E-state index is 10.3. The molecule has 178 valence electrons. The number of aromatic nitrogens is 2. The number of rotatable bonds is 9. The molecule has 1 fully saturated rings. The van der Waals surface area contributed by atoms with Crippen LogP contribution in [-0.2, 0) is 13.0 Å². The molecule has 1 aliphatic heterocycles. The van der Waals surface area contributed by atoms with Crippen molar-refractivity contribution in [1.29, 1.82) is 5.41 Å². The van der Waals surface area contributed by atoms with Crippen molar-refractivity contribution in [3.8, 4) is 11.3 Å². The minimum Gasteiger partial charge on any atom is -0.391 e. The highest BCUT2D eigenvalue weighted by Crippen LogP contribution is 2.35. The van der Waals surface area contributed by atoms with Crippen LogP contribution >= 0.6 is 0 Å². The molecule has 0 saturated carbocycles. The number of aliphatic hydroxyl groups excluding tert-OH is 2. The van der Waals surface area contributed by atoms with Crippen LogP contribution in [0.5, 0.6) is 0 Å². The quantitative estimate of drug-likeness (QED) is 0.346. The summed E-state index contributed by atoms with van der Waals surface area (Å²) in [7, 11) is 0. The first kappa shape index (κ1) is 23.9. The summed E-state index contributed by atoms with van der Waals surface area (Å²) in [5, 5.41) is 31.3. The molecule has 34 heavy (non-hydrogen) atoms. The van der Waals surface area contributed by atoms with E-state index in [1.807, 2.05) is 30.3 Å². The van der Waals surface area contributed by atoms with Crippen LogP contribution in [0, 0.1) is 5.41 Å². The van der Waals surface area contributed by atoms with Crippen molar-refractivity contribution in [3.63, 3.8) is 0 Å². The summed E-state index contributed by atoms with van der Waals surface area (Å²) in [6, 6.07) is 15.7. The van der Waals surface area contributed by atoms with Crippen LogP contribution in [0.25, 0.3) is 11.3 Å². The van der Waals surface area contributed by atoms with E-state index in [0.717, 1.165) is 72.5 Å². The van der Waals surface area contributed by atoms with Crippen LogP contribution in [0.2, 0.25) is 0 Å². The first-order valence-corrected chi connectivity index (χ1v) is 12.0. The van der Waals surface area contributed by atoms with Gasteiger partial charge in [0.05, 0.1) is 29.8 Å². The zero-order chi connectivity index (χ0) is 23.9. The van der Waals surface area contributed by atoms with E-state index in [4.69, 9.17) is 10.4 Å². The largest absolute Gasteiger partial charge is 0.391 e. The normalized spacial score (nSPS) is 15.9. The monoisotopic (exact) mass is 459 g/mol. The molecule has 0 bridgehead atoms. The molecule has 7 nitrogen and oxygen atoms in total. The minimum absolute atomic E-state index is 0.141. The summed E-state index contributed by atoms with van der Waals surface area (Å²) in [6.45, 7) is 3.39. The summed E-state index contributed by atoms with van der Waals surface area (Å²) < 4.78 is 0. The Balaban J connectivity index is 1.80. The predicted molar refractivity (Wildman–Crippen MR) is 137 cm³/mol. The van der Waals surface area contributed by atoms with Gasteiger partial charge in [0, 0.05) is 41.8 Å². The molecule has 7 heteroatoms. The molecular weight excluding hydrogens is 426 g/mol. The molecule has 0 radical (unpaired) electrons. The SMILES string of the molecule is CCCCc1cccc(-c2cc(Nc3cccc(CO)n3)c(C=N)c(N3CCCC(O)C3)c2)n1. The summed E-state index contributed by atoms with van der Waals surface area (Å²) in [6.07, 6.45) is 5.82. The Morgan fingerprint density at radius 1 is 1.15 bits per heavy atom. The lowest BCUT2D eigenvalue weighted by Gasteiger charge is -2.34. The van der Waals surface area contributed by atoms with Gasteiger partial charge in [-0.15, -0.1) is 0 Å². The van der Waals surface area contributed by atoms with Crippen molar-refractivity contribution in [2.75, 3.05) is 23.3 Å². The number of anilines is 3. The second kappa shape index (κ2) is 11.2. The van der Waals surface area contributed by atoms with Crippen LogP contribution in [-0.4, -0.2) is 45.6 Å². The fourth-order valence-corrected chi connectivity index (χ4v) is 4.39. The lowest BCUT2D eigenvalue weighted by molar-refractivity contribution is 0.154. The van der Waals surface area contributed by atoms with Crippen LogP contribution in [0.1, 0.15) is 49.6 Å². The van der Waals surface area contributed by atoms with E-state index in [0.29, 0.717) is 18.1 Å². The first-order chi connectivity index (χ1) is 16.6. The number of aliphatic hydroxyl groups is 2. The number of nitrogens with zero attached hydrogens (tertiary/aromatic N) is 3. The highest BCUT2D eigenvalue weighted by Gasteiger charge is 2.22. The second-order valence-corrected chi connectivity index (χ2v) is 8.76. The maximum Gasteiger partial charge on any atom is 0.130 e. The van der Waals surface area contributed by atoms with Crippen molar-refractivity contribution in [2.24, 2.45) is 0 Å². The summed E-state index contributed by atoms with van der Waals surface area (Å²) >= 11 is 0. The number of hydrogen-bond acceptors (Lipinski definition) is 7. The molecule has 3 heterocycles. The van der Waals surface area contributed by atoms with Gasteiger partial charge >= 0.3 is 0 Å². The fourth-order valence-electron chi connectivity index (χ4n) is 4.39. The van der Waals surface area contributed by atoms with Gasteiger partial charge < -0.3 is 25.8 Å². The number of aryl methyl sites for hydroxylation is 1. The third-order valence-corrected chi connectivity index (χ3v) is 6.16. The standard InChI is InChI=1S/C27H33N5O2/c1-2-3-7-20-8-4-11-24(29-20)19-14-25(31-27-12-5-9-21(18-33)30-27)23(16-28)26(15-19)32-13-6-10-22(34)17-32/h4-5,8-9,11-12,14-16,22,28,33-34H,2-3,6-7,10,13,17-18H2,1H3,(H,30,31). The number of pyridine rings is 2. The average Bonchev–Trinajstić information content (AvgIpc) is 2.87. The zero-order valence-electron chi connectivity index (χ0n) is 19.7. The van der Waals surface area contributed by atoms with E-state index in [1.54, 1.807) is 6.07 Å². The molecule has 2 aromatic heterocycles. The van der Waals surface area contributed by atoms with E-state index in [-0.39, 0.29) is 12.7 Å². The summed E-state index contributed by atoms with van der Waals surface area (Å²) in [4.78, 5) is 11.5. The van der Waals surface area contributed by atoms with E-state index in [9.17, 15) is 10.2 Å². The van der Waals surface area contributed by atoms with Gasteiger partial charge in [-0.2, -0.15) is 0 Å². The van der Waals surface area contributed by atoms with E-state index >= 15 is 0 Å². The fraction of sp³-hybridized carbons (Fsp3) is 0.370. The minimum atomic E-state index is -0.384. The predicted octanol–water partition coefficient (Wildman–Crippen LogP) is 4.68. The Kier molecular flexibility index (Phi) is 7.87. The molecule has 1 aromatic carbocycles. The molecule has 1 saturated heterocycles. The molecule has 0 spiro atoms. The van der Waals surface area contributed by atoms with Gasteiger partial charge in [-0.3, -0.25) is 4.98 Å². The Morgan fingerprint density at radius 2 is 1.97 bits per heavy atom. The summed E-state index contributed by atoms with van der Waals surface area (Å²) in [5.41, 5.74) is 5.83. The van der Waals surface area contributed by atoms with Gasteiger partial charge in [0.1, 0.15) is 5.82 Å². The molecule has 0 amide bonds. The molecule has 1 atom stereocenters. The number of benzene rings is 1. The first-order valence-electron chi connectivity index (χ1n) is 12.0. The highest BCUT2D eigenvalue weighted by molar-refractivity contribution is 5.97. The van der Waals surface area contributed by atoms with Gasteiger partial charge in [0.15, 0.2) is 0 Å². The highest BCUT2D eigenvalue weighted by atomic mass is 16.3. The number of unbranched alkanes of at least 4 members (excludes halogenated alkanes) is 1. The van der Waals surface area contributed by atoms with Crippen molar-refractivity contribution >= 4 is 23.4 Å². The van der Waals surface area contributed by atoms with Gasteiger partial charge in [-0.05, 0) is 62.1 Å². The van der Waals surface area contributed by atoms with Gasteiger partial charge in [-0.25, -0.2) is 4.98 Å². The third-order valence-electron chi connectivity index (χ3n) is 6.16. The van der Waals surface area contributed by atoms with Crippen LogP contribution in [0.4, 0.5) is 17.2 Å². The number of β-amino-alcohol motifs (C(OH)–C–C–N with tert-alkyl or cyclic N) is 1. The van der Waals surface area contributed by atoms with E-state index in [1.165, 1.54) is 6.21 Å². The Labute approximate surface area is 201 Å². The molecular formula is C27H33N5O2. The van der Waals surface area contributed by atoms with Crippen molar-refractivity contribution in [2.45, 2.75) is 51.7 Å². The third kappa shape index (κ3) is 5.61. The average molecular weight is 460 g/mol. The van der Waals surface area contributed by atoms with Crippen LogP contribution < -0.4 is 10.2 Å². The van der Waals surface area contributed by atoms with Gasteiger partial charge in [0.2, 0.25) is 0 Å². The number of nitrogens with one attached hydrogen (secondary N) is 2. The van der Waals surface area contributed by atoms with Crippen molar-refractivity contribution in [3.05, 3.63) is 65.5 Å². The Bertz CT molecular complexity index is 1130. The number of piperidine rings is 1. The smallest absolute Gasteiger partial charge is 0.130 e. The Hall–Kier alpha value is -3.29. The molecule has 1 aliphatic rings. The van der Waals surface area contributed by atoms with E-state index < -0.39 is 0 Å². The molecule has 0 aliphatic carbocycles. The van der Waals surface area contributed by atoms with E-state index in [2.05, 4.69) is 34.3 Å². The lowest BCUT2D eigenvalue weighted by Crippen LogP contribution is -2.38. The number of hydrogen-bond donors (Lipinski definition) is 4. The maximum atomic E-state index is 10.3. The van der Waals surface area contributed by atoms with Crippen LogP contribution in [0.3, 0.4) is 0 Å². The van der Waals surface area contributed by atoms with Crippen LogP contribution in [0.15, 0.2) is 48.5 Å². The van der Waals surface area contributed by atoms with Crippen molar-refractivity contribution < 1.29 is 10.2 Å². The van der Waals surface area contributed by atoms with Gasteiger partial charge in [0.25, 0.3) is 0 Å². The zero-order valence-corrected chi connectivity index (χ0v) is 19.7. The lowest BCUT2D eigenvalue weighted by atomic mass is 10.00.